The van der Waals surface area contributed by atoms with Crippen LogP contribution in [0.15, 0.2) is 47.6 Å². The van der Waals surface area contributed by atoms with Crippen molar-refractivity contribution in [3.05, 3.63) is 71.2 Å². The molecule has 0 saturated heterocycles. The van der Waals surface area contributed by atoms with Crippen molar-refractivity contribution in [2.45, 2.75) is 19.4 Å². The largest absolute Gasteiger partial charge is 0.361 e. The molecule has 4 nitrogen and oxygen atoms in total. The highest BCUT2D eigenvalue weighted by Gasteiger charge is 2.13. The van der Waals surface area contributed by atoms with Crippen molar-refractivity contribution >= 4 is 40.8 Å². The van der Waals surface area contributed by atoms with Gasteiger partial charge in [0.05, 0.1) is 6.04 Å². The third-order valence-electron chi connectivity index (χ3n) is 4.42. The SMILES string of the molecule is CN=C(NCCc1c[nH]c2ccc(F)cc12)NC(C)c1ccc(F)cc1F.I. The van der Waals surface area contributed by atoms with Gasteiger partial charge in [0.25, 0.3) is 0 Å². The average molecular weight is 502 g/mol. The molecule has 28 heavy (non-hydrogen) atoms. The Labute approximate surface area is 178 Å². The number of halogens is 4. The molecule has 8 heteroatoms. The molecule has 0 amide bonds. The Morgan fingerprint density at radius 2 is 1.82 bits per heavy atom. The van der Waals surface area contributed by atoms with Crippen LogP contribution in [0.2, 0.25) is 0 Å². The molecule has 3 aromatic rings. The summed E-state index contributed by atoms with van der Waals surface area (Å²) in [5.41, 5.74) is 2.23. The number of guanidine groups is 1. The molecule has 150 valence electrons. The molecule has 0 aliphatic rings. The van der Waals surface area contributed by atoms with Crippen LogP contribution in [-0.4, -0.2) is 24.5 Å². The summed E-state index contributed by atoms with van der Waals surface area (Å²) < 4.78 is 40.4. The van der Waals surface area contributed by atoms with Crippen LogP contribution < -0.4 is 10.6 Å². The second kappa shape index (κ2) is 9.81. The van der Waals surface area contributed by atoms with E-state index in [1.807, 2.05) is 6.20 Å². The maximum Gasteiger partial charge on any atom is 0.191 e. The number of nitrogens with one attached hydrogen (secondary N) is 3. The van der Waals surface area contributed by atoms with Crippen LogP contribution in [0.3, 0.4) is 0 Å². The summed E-state index contributed by atoms with van der Waals surface area (Å²) >= 11 is 0. The van der Waals surface area contributed by atoms with Crippen LogP contribution in [0.4, 0.5) is 13.2 Å². The number of fused-ring (bicyclic) bond motifs is 1. The zero-order chi connectivity index (χ0) is 19.4. The van der Waals surface area contributed by atoms with Gasteiger partial charge in [-0.1, -0.05) is 6.07 Å². The van der Waals surface area contributed by atoms with E-state index in [4.69, 9.17) is 0 Å². The van der Waals surface area contributed by atoms with Crippen molar-refractivity contribution in [3.63, 3.8) is 0 Å². The lowest BCUT2D eigenvalue weighted by Crippen LogP contribution is -2.39. The molecular weight excluding hydrogens is 480 g/mol. The van der Waals surface area contributed by atoms with Crippen molar-refractivity contribution < 1.29 is 13.2 Å². The molecule has 1 heterocycles. The highest BCUT2D eigenvalue weighted by atomic mass is 127. The van der Waals surface area contributed by atoms with E-state index in [0.717, 1.165) is 22.5 Å². The first kappa shape index (κ1) is 22.1. The minimum atomic E-state index is -0.610. The quantitative estimate of drug-likeness (QED) is 0.270. The number of rotatable bonds is 5. The molecule has 0 bridgehead atoms. The van der Waals surface area contributed by atoms with Crippen molar-refractivity contribution in [1.29, 1.82) is 0 Å². The first-order valence-corrected chi connectivity index (χ1v) is 8.65. The Bertz CT molecular complexity index is 971. The Balaban J connectivity index is 0.00000280. The number of aromatic nitrogens is 1. The van der Waals surface area contributed by atoms with Crippen LogP contribution in [0, 0.1) is 17.5 Å². The number of hydrogen-bond donors (Lipinski definition) is 3. The summed E-state index contributed by atoms with van der Waals surface area (Å²) in [5.74, 6) is -0.992. The molecule has 3 N–H and O–H groups in total. The highest BCUT2D eigenvalue weighted by molar-refractivity contribution is 14.0. The van der Waals surface area contributed by atoms with E-state index >= 15 is 0 Å². The minimum Gasteiger partial charge on any atom is -0.361 e. The number of aliphatic imine (C=N–C) groups is 1. The zero-order valence-electron chi connectivity index (χ0n) is 15.5. The lowest BCUT2D eigenvalue weighted by Gasteiger charge is -2.18. The number of H-pyrrole nitrogens is 1. The van der Waals surface area contributed by atoms with Crippen molar-refractivity contribution in [2.75, 3.05) is 13.6 Å². The summed E-state index contributed by atoms with van der Waals surface area (Å²) in [6.07, 6.45) is 2.52. The fourth-order valence-electron chi connectivity index (χ4n) is 3.00. The van der Waals surface area contributed by atoms with Crippen LogP contribution in [0.1, 0.15) is 24.1 Å². The second-order valence-electron chi connectivity index (χ2n) is 6.28. The number of benzene rings is 2. The standard InChI is InChI=1S/C20H21F3N4.HI/c1-12(16-5-3-15(22)10-18(16)23)27-20(24-2)25-8-7-13-11-26-19-6-4-14(21)9-17(13)19;/h3-6,9-12,26H,7-8H2,1-2H3,(H2,24,25,27);1H. The summed E-state index contributed by atoms with van der Waals surface area (Å²) in [7, 11) is 1.62. The molecule has 0 spiro atoms. The fraction of sp³-hybridized carbons (Fsp3) is 0.250. The van der Waals surface area contributed by atoms with Gasteiger partial charge in [-0.25, -0.2) is 13.2 Å². The summed E-state index contributed by atoms with van der Waals surface area (Å²) in [4.78, 5) is 7.25. The van der Waals surface area contributed by atoms with Gasteiger partial charge in [-0.2, -0.15) is 0 Å². The molecule has 1 unspecified atom stereocenters. The van der Waals surface area contributed by atoms with Gasteiger partial charge >= 0.3 is 0 Å². The van der Waals surface area contributed by atoms with Gasteiger partial charge < -0.3 is 15.6 Å². The van der Waals surface area contributed by atoms with E-state index in [9.17, 15) is 13.2 Å². The van der Waals surface area contributed by atoms with Gasteiger partial charge in [0.1, 0.15) is 17.5 Å². The van der Waals surface area contributed by atoms with Crippen LogP contribution in [-0.2, 0) is 6.42 Å². The van der Waals surface area contributed by atoms with Crippen molar-refractivity contribution in [2.24, 2.45) is 4.99 Å². The van der Waals surface area contributed by atoms with E-state index < -0.39 is 11.6 Å². The minimum absolute atomic E-state index is 0. The summed E-state index contributed by atoms with van der Waals surface area (Å²) in [6, 6.07) is 7.75. The molecule has 0 fully saturated rings. The van der Waals surface area contributed by atoms with Gasteiger partial charge in [-0.05, 0) is 43.2 Å². The maximum absolute atomic E-state index is 13.9. The first-order valence-electron chi connectivity index (χ1n) is 8.65. The molecule has 3 rings (SSSR count). The van der Waals surface area contributed by atoms with E-state index in [1.54, 1.807) is 20.0 Å². The predicted molar refractivity (Wildman–Crippen MR) is 117 cm³/mol. The first-order chi connectivity index (χ1) is 13.0. The molecule has 2 aromatic carbocycles. The van der Waals surface area contributed by atoms with E-state index in [-0.39, 0.29) is 35.8 Å². The smallest absolute Gasteiger partial charge is 0.191 e. The van der Waals surface area contributed by atoms with Crippen molar-refractivity contribution in [1.82, 2.24) is 15.6 Å². The third kappa shape index (κ3) is 5.18. The molecule has 1 aromatic heterocycles. The van der Waals surface area contributed by atoms with Crippen LogP contribution in [0.5, 0.6) is 0 Å². The Morgan fingerprint density at radius 3 is 2.54 bits per heavy atom. The van der Waals surface area contributed by atoms with Crippen LogP contribution >= 0.6 is 24.0 Å². The van der Waals surface area contributed by atoms with E-state index in [2.05, 4.69) is 20.6 Å². The van der Waals surface area contributed by atoms with Gasteiger partial charge in [-0.3, -0.25) is 4.99 Å². The topological polar surface area (TPSA) is 52.2 Å². The number of aromatic amines is 1. The van der Waals surface area contributed by atoms with Gasteiger partial charge in [0.15, 0.2) is 5.96 Å². The Morgan fingerprint density at radius 1 is 1.11 bits per heavy atom. The molecular formula is C20H22F3IN4. The van der Waals surface area contributed by atoms with Gasteiger partial charge in [0.2, 0.25) is 0 Å². The highest BCUT2D eigenvalue weighted by Crippen LogP contribution is 2.20. The average Bonchev–Trinajstić information content (AvgIpc) is 3.02. The Kier molecular flexibility index (Phi) is 7.73. The molecule has 0 saturated carbocycles. The lowest BCUT2D eigenvalue weighted by molar-refractivity contribution is 0.551. The van der Waals surface area contributed by atoms with Crippen molar-refractivity contribution in [3.8, 4) is 0 Å². The maximum atomic E-state index is 13.9. The molecule has 0 aliphatic heterocycles. The third-order valence-corrected chi connectivity index (χ3v) is 4.42. The van der Waals surface area contributed by atoms with Crippen LogP contribution in [0.25, 0.3) is 10.9 Å². The van der Waals surface area contributed by atoms with E-state index in [0.29, 0.717) is 24.5 Å². The van der Waals surface area contributed by atoms with E-state index in [1.165, 1.54) is 24.3 Å². The lowest BCUT2D eigenvalue weighted by atomic mass is 10.1. The normalized spacial score (nSPS) is 12.5. The monoisotopic (exact) mass is 502 g/mol. The van der Waals surface area contributed by atoms with Gasteiger partial charge in [-0.15, -0.1) is 24.0 Å². The van der Waals surface area contributed by atoms with Gasteiger partial charge in [0, 0.05) is 42.3 Å². The molecule has 0 radical (unpaired) electrons. The number of hydrogen-bond acceptors (Lipinski definition) is 1. The predicted octanol–water partition coefficient (Wildman–Crippen LogP) is 4.67. The number of nitrogens with zero attached hydrogens (tertiary/aromatic N) is 1. The molecule has 1 atom stereocenters. The molecule has 0 aliphatic carbocycles. The summed E-state index contributed by atoms with van der Waals surface area (Å²) in [6.45, 7) is 2.33. The summed E-state index contributed by atoms with van der Waals surface area (Å²) in [5, 5.41) is 7.08. The second-order valence-corrected chi connectivity index (χ2v) is 6.28. The Hall–Kier alpha value is -2.23. The fourth-order valence-corrected chi connectivity index (χ4v) is 3.00. The zero-order valence-corrected chi connectivity index (χ0v) is 17.9.